The van der Waals surface area contributed by atoms with Gasteiger partial charge in [-0.2, -0.15) is 0 Å². The van der Waals surface area contributed by atoms with Crippen molar-refractivity contribution >= 4 is 17.3 Å². The molecule has 0 heterocycles. The van der Waals surface area contributed by atoms with Gasteiger partial charge in [0.15, 0.2) is 0 Å². The van der Waals surface area contributed by atoms with Crippen LogP contribution in [0.2, 0.25) is 5.02 Å². The first kappa shape index (κ1) is 18.5. The van der Waals surface area contributed by atoms with Crippen molar-refractivity contribution in [3.8, 4) is 0 Å². The van der Waals surface area contributed by atoms with Crippen LogP contribution in [0.1, 0.15) is 38.8 Å². The van der Waals surface area contributed by atoms with E-state index in [1.165, 1.54) is 11.1 Å². The molecular weight excluding hydrogens is 266 g/mol. The van der Waals surface area contributed by atoms with Crippen LogP contribution in [0.3, 0.4) is 0 Å². The summed E-state index contributed by atoms with van der Waals surface area (Å²) in [4.78, 5) is 0. The van der Waals surface area contributed by atoms with Gasteiger partial charge in [-0.25, -0.2) is 0 Å². The summed E-state index contributed by atoms with van der Waals surface area (Å²) in [6.45, 7) is 10.9. The molecule has 0 saturated heterocycles. The van der Waals surface area contributed by atoms with E-state index in [-0.39, 0.29) is 0 Å². The molecule has 0 atom stereocenters. The smallest absolute Gasteiger partial charge is 0.0412 e. The molecule has 2 aromatic rings. The van der Waals surface area contributed by atoms with Gasteiger partial charge in [0, 0.05) is 17.3 Å². The highest BCUT2D eigenvalue weighted by molar-refractivity contribution is 6.30. The maximum Gasteiger partial charge on any atom is 0.0412 e. The number of rotatable bonds is 3. The Morgan fingerprint density at radius 3 is 2.05 bits per heavy atom. The fraction of sp³-hybridized carbons (Fsp3) is 0.333. The molecule has 0 aliphatic heterocycles. The van der Waals surface area contributed by atoms with Crippen molar-refractivity contribution < 1.29 is 0 Å². The molecule has 2 heteroatoms. The average molecular weight is 292 g/mol. The molecule has 1 N–H and O–H groups in total. The molecule has 0 spiro atoms. The Morgan fingerprint density at radius 1 is 0.900 bits per heavy atom. The molecule has 1 nitrogen and oxygen atoms in total. The third kappa shape index (κ3) is 7.20. The number of anilines is 1. The summed E-state index contributed by atoms with van der Waals surface area (Å²) in [5, 5.41) is 4.15. The maximum atomic E-state index is 6.00. The molecule has 0 amide bonds. The molecule has 0 bridgehead atoms. The van der Waals surface area contributed by atoms with Crippen LogP contribution < -0.4 is 5.32 Å². The van der Waals surface area contributed by atoms with E-state index in [4.69, 9.17) is 11.6 Å². The van der Waals surface area contributed by atoms with Gasteiger partial charge in [-0.05, 0) is 42.3 Å². The largest absolute Gasteiger partial charge is 0.381 e. The van der Waals surface area contributed by atoms with E-state index in [0.29, 0.717) is 0 Å². The average Bonchev–Trinajstić information content (AvgIpc) is 2.49. The summed E-state index contributed by atoms with van der Waals surface area (Å²) in [6.07, 6.45) is 0. The molecule has 0 aliphatic carbocycles. The van der Waals surface area contributed by atoms with Gasteiger partial charge in [-0.15, -0.1) is 0 Å². The van der Waals surface area contributed by atoms with Gasteiger partial charge in [0.2, 0.25) is 0 Å². The number of benzene rings is 2. The minimum atomic E-state index is 0.796. The van der Waals surface area contributed by atoms with Gasteiger partial charge in [0.25, 0.3) is 0 Å². The topological polar surface area (TPSA) is 12.0 Å². The summed E-state index contributed by atoms with van der Waals surface area (Å²) in [5.41, 5.74) is 3.52. The number of aryl methyl sites for hydroxylation is 1. The Morgan fingerprint density at radius 2 is 1.50 bits per heavy atom. The molecule has 0 aliphatic rings. The summed E-state index contributed by atoms with van der Waals surface area (Å²) < 4.78 is 0. The van der Waals surface area contributed by atoms with E-state index in [1.807, 2.05) is 58.0 Å². The lowest BCUT2D eigenvalue weighted by Gasteiger charge is -2.07. The normalized spacial score (nSPS) is 8.70. The number of hydrogen-bond acceptors (Lipinski definition) is 1. The lowest BCUT2D eigenvalue weighted by Crippen LogP contribution is -1.99. The van der Waals surface area contributed by atoms with Crippen LogP contribution in [-0.2, 0) is 6.54 Å². The zero-order valence-corrected chi connectivity index (χ0v) is 14.0. The first-order chi connectivity index (χ1) is 9.74. The number of hydrogen-bond donors (Lipinski definition) is 1. The zero-order chi connectivity index (χ0) is 15.4. The lowest BCUT2D eigenvalue weighted by molar-refractivity contribution is 1.14. The highest BCUT2D eigenvalue weighted by Crippen LogP contribution is 2.16. The van der Waals surface area contributed by atoms with E-state index in [0.717, 1.165) is 17.3 Å². The second-order valence-electron chi connectivity index (χ2n) is 3.86. The van der Waals surface area contributed by atoms with Crippen molar-refractivity contribution in [1.82, 2.24) is 0 Å². The molecule has 0 fully saturated rings. The van der Waals surface area contributed by atoms with E-state index < -0.39 is 0 Å². The first-order valence-corrected chi connectivity index (χ1v) is 7.67. The van der Waals surface area contributed by atoms with Crippen molar-refractivity contribution in [2.75, 3.05) is 5.32 Å². The third-order valence-corrected chi connectivity index (χ3v) is 2.59. The summed E-state index contributed by atoms with van der Waals surface area (Å²) in [6, 6.07) is 16.3. The summed E-state index contributed by atoms with van der Waals surface area (Å²) in [5.74, 6) is 0. The predicted octanol–water partition coefficient (Wildman–Crippen LogP) is 6.31. The lowest BCUT2D eigenvalue weighted by atomic mass is 10.1. The van der Waals surface area contributed by atoms with E-state index in [1.54, 1.807) is 0 Å². The quantitative estimate of drug-likeness (QED) is 0.698. The van der Waals surface area contributed by atoms with Crippen molar-refractivity contribution in [2.24, 2.45) is 0 Å². The van der Waals surface area contributed by atoms with Gasteiger partial charge in [-0.3, -0.25) is 0 Å². The molecule has 110 valence electrons. The van der Waals surface area contributed by atoms with Crippen LogP contribution in [0.4, 0.5) is 5.69 Å². The van der Waals surface area contributed by atoms with Crippen LogP contribution in [0.5, 0.6) is 0 Å². The molecule has 20 heavy (non-hydrogen) atoms. The minimum absolute atomic E-state index is 0.796. The second kappa shape index (κ2) is 11.4. The Hall–Kier alpha value is -1.47. The maximum absolute atomic E-state index is 6.00. The number of para-hydroxylation sites is 1. The van der Waals surface area contributed by atoms with E-state index in [9.17, 15) is 0 Å². The molecule has 0 aromatic heterocycles. The number of nitrogens with one attached hydrogen (secondary N) is 1. The third-order valence-electron chi connectivity index (χ3n) is 2.37. The molecule has 0 unspecified atom stereocenters. The second-order valence-corrected chi connectivity index (χ2v) is 4.29. The van der Waals surface area contributed by atoms with Crippen molar-refractivity contribution in [3.63, 3.8) is 0 Å². The van der Waals surface area contributed by atoms with Gasteiger partial charge < -0.3 is 5.32 Å². The molecule has 0 saturated carbocycles. The van der Waals surface area contributed by atoms with E-state index in [2.05, 4.69) is 30.4 Å². The van der Waals surface area contributed by atoms with Gasteiger partial charge >= 0.3 is 0 Å². The van der Waals surface area contributed by atoms with Gasteiger partial charge in [0.05, 0.1) is 0 Å². The predicted molar refractivity (Wildman–Crippen MR) is 92.7 cm³/mol. The molecule has 2 rings (SSSR count). The van der Waals surface area contributed by atoms with Crippen LogP contribution in [-0.4, -0.2) is 0 Å². The molecule has 2 aromatic carbocycles. The Bertz CT molecular complexity index is 446. The van der Waals surface area contributed by atoms with Gasteiger partial charge in [0.1, 0.15) is 0 Å². The van der Waals surface area contributed by atoms with E-state index >= 15 is 0 Å². The summed E-state index contributed by atoms with van der Waals surface area (Å²) in [7, 11) is 0. The molecular formula is C18H26ClN. The van der Waals surface area contributed by atoms with Gasteiger partial charge in [-0.1, -0.05) is 63.6 Å². The first-order valence-electron chi connectivity index (χ1n) is 7.29. The van der Waals surface area contributed by atoms with Crippen molar-refractivity contribution in [1.29, 1.82) is 0 Å². The Balaban J connectivity index is 0.000000829. The van der Waals surface area contributed by atoms with Crippen LogP contribution in [0, 0.1) is 6.92 Å². The Labute approximate surface area is 129 Å². The van der Waals surface area contributed by atoms with Crippen molar-refractivity contribution in [3.05, 3.63) is 64.7 Å². The van der Waals surface area contributed by atoms with Crippen LogP contribution >= 0.6 is 11.6 Å². The fourth-order valence-corrected chi connectivity index (χ4v) is 1.99. The zero-order valence-electron chi connectivity index (χ0n) is 13.2. The standard InChI is InChI=1S/C14H14ClN.2C2H6/c1-11-7-12(9-13(15)8-11)10-16-14-5-3-2-4-6-14;2*1-2/h2-9,16H,10H2,1H3;2*1-2H3. The van der Waals surface area contributed by atoms with Crippen LogP contribution in [0.15, 0.2) is 48.5 Å². The monoisotopic (exact) mass is 291 g/mol. The van der Waals surface area contributed by atoms with Crippen LogP contribution in [0.25, 0.3) is 0 Å². The van der Waals surface area contributed by atoms with Crippen molar-refractivity contribution in [2.45, 2.75) is 41.2 Å². The number of halogens is 1. The SMILES string of the molecule is CC.CC.Cc1cc(Cl)cc(CNc2ccccc2)c1. The fourth-order valence-electron chi connectivity index (χ4n) is 1.67. The molecule has 0 radical (unpaired) electrons. The highest BCUT2D eigenvalue weighted by atomic mass is 35.5. The highest BCUT2D eigenvalue weighted by Gasteiger charge is 1.97. The summed E-state index contributed by atoms with van der Waals surface area (Å²) >= 11 is 6.00. The minimum Gasteiger partial charge on any atom is -0.381 e. The Kier molecular flexibility index (Phi) is 10.5.